The molecule has 0 radical (unpaired) electrons. The number of morpholine rings is 1. The highest BCUT2D eigenvalue weighted by molar-refractivity contribution is 6.03. The van der Waals surface area contributed by atoms with Crippen LogP contribution in [0.2, 0.25) is 0 Å². The van der Waals surface area contributed by atoms with Gasteiger partial charge in [-0.3, -0.25) is 14.5 Å². The van der Waals surface area contributed by atoms with Crippen molar-refractivity contribution in [1.29, 1.82) is 0 Å². The number of hydrogen-bond donors (Lipinski definition) is 0. The number of amides is 2. The van der Waals surface area contributed by atoms with E-state index >= 15 is 0 Å². The predicted octanol–water partition coefficient (Wildman–Crippen LogP) is 1.58. The minimum atomic E-state index is -0.573. The lowest BCUT2D eigenvalue weighted by Crippen LogP contribution is -2.55. The number of ether oxygens (including phenoxy) is 2. The van der Waals surface area contributed by atoms with Crippen LogP contribution in [0.3, 0.4) is 0 Å². The summed E-state index contributed by atoms with van der Waals surface area (Å²) in [6, 6.07) is 7.54. The molecule has 0 unspecified atom stereocenters. The summed E-state index contributed by atoms with van der Waals surface area (Å²) < 4.78 is 11.4. The molecule has 1 saturated carbocycles. The molecule has 0 aromatic heterocycles. The third-order valence-corrected chi connectivity index (χ3v) is 5.17. The van der Waals surface area contributed by atoms with Crippen LogP contribution in [0.1, 0.15) is 26.2 Å². The Balaban J connectivity index is 1.55. The van der Waals surface area contributed by atoms with Crippen molar-refractivity contribution in [3.8, 4) is 5.75 Å². The second-order valence-corrected chi connectivity index (χ2v) is 6.65. The Labute approximate surface area is 141 Å². The van der Waals surface area contributed by atoms with Crippen molar-refractivity contribution in [1.82, 2.24) is 4.90 Å². The van der Waals surface area contributed by atoms with Gasteiger partial charge >= 0.3 is 0 Å². The predicted molar refractivity (Wildman–Crippen MR) is 88.0 cm³/mol. The van der Waals surface area contributed by atoms with Crippen LogP contribution in [0.25, 0.3) is 0 Å². The van der Waals surface area contributed by atoms with Crippen molar-refractivity contribution >= 4 is 17.5 Å². The molecule has 2 fully saturated rings. The second kappa shape index (κ2) is 6.09. The van der Waals surface area contributed by atoms with Crippen molar-refractivity contribution < 1.29 is 19.1 Å². The maximum atomic E-state index is 12.9. The molecule has 1 aliphatic carbocycles. The van der Waals surface area contributed by atoms with Crippen LogP contribution in [0.5, 0.6) is 5.75 Å². The molecule has 2 amide bonds. The Morgan fingerprint density at radius 1 is 1.29 bits per heavy atom. The van der Waals surface area contributed by atoms with Crippen molar-refractivity contribution in [2.45, 2.75) is 44.4 Å². The first-order valence-corrected chi connectivity index (χ1v) is 8.63. The Morgan fingerprint density at radius 2 is 2.12 bits per heavy atom. The van der Waals surface area contributed by atoms with Crippen molar-refractivity contribution in [2.75, 3.05) is 24.6 Å². The van der Waals surface area contributed by atoms with Gasteiger partial charge in [-0.1, -0.05) is 12.1 Å². The zero-order chi connectivity index (χ0) is 16.7. The normalized spacial score (nSPS) is 29.0. The highest BCUT2D eigenvalue weighted by atomic mass is 16.5. The molecule has 3 atom stereocenters. The molecule has 0 bridgehead atoms. The molecule has 128 valence electrons. The van der Waals surface area contributed by atoms with Gasteiger partial charge in [-0.15, -0.1) is 0 Å². The van der Waals surface area contributed by atoms with E-state index in [0.29, 0.717) is 24.6 Å². The molecule has 1 aromatic carbocycles. The average molecular weight is 330 g/mol. The quantitative estimate of drug-likeness (QED) is 0.826. The maximum absolute atomic E-state index is 12.9. The van der Waals surface area contributed by atoms with Gasteiger partial charge in [0.1, 0.15) is 12.3 Å². The molecule has 2 aliphatic heterocycles. The molecular weight excluding hydrogens is 308 g/mol. The van der Waals surface area contributed by atoms with Gasteiger partial charge in [0.05, 0.1) is 24.4 Å². The van der Waals surface area contributed by atoms with Gasteiger partial charge in [0.15, 0.2) is 6.10 Å². The minimum absolute atomic E-state index is 0.00699. The second-order valence-electron chi connectivity index (χ2n) is 6.65. The van der Waals surface area contributed by atoms with Crippen molar-refractivity contribution in [3.63, 3.8) is 0 Å². The highest BCUT2D eigenvalue weighted by Crippen LogP contribution is 2.34. The van der Waals surface area contributed by atoms with E-state index in [1.54, 1.807) is 11.8 Å². The van der Waals surface area contributed by atoms with Gasteiger partial charge in [0.2, 0.25) is 5.91 Å². The summed E-state index contributed by atoms with van der Waals surface area (Å²) in [5.41, 5.74) is 0.671. The Bertz CT molecular complexity index is 662. The number of nitrogens with zero attached hydrogens (tertiary/aromatic N) is 2. The third kappa shape index (κ3) is 2.55. The Kier molecular flexibility index (Phi) is 3.92. The third-order valence-electron chi connectivity index (χ3n) is 5.17. The average Bonchev–Trinajstić information content (AvgIpc) is 3.07. The molecule has 1 aromatic rings. The molecule has 0 N–H and O–H groups in total. The van der Waals surface area contributed by atoms with Crippen molar-refractivity contribution in [2.24, 2.45) is 0 Å². The Hall–Kier alpha value is -2.08. The van der Waals surface area contributed by atoms with E-state index < -0.39 is 6.10 Å². The van der Waals surface area contributed by atoms with Crippen LogP contribution in [0, 0.1) is 0 Å². The molecule has 24 heavy (non-hydrogen) atoms. The number of hydrogen-bond acceptors (Lipinski definition) is 4. The maximum Gasteiger partial charge on any atom is 0.268 e. The van der Waals surface area contributed by atoms with Gasteiger partial charge < -0.3 is 14.4 Å². The van der Waals surface area contributed by atoms with E-state index in [0.717, 1.165) is 19.3 Å². The summed E-state index contributed by atoms with van der Waals surface area (Å²) in [5, 5.41) is 0. The summed E-state index contributed by atoms with van der Waals surface area (Å²) in [6.07, 6.45) is 2.69. The molecule has 1 saturated heterocycles. The number of benzene rings is 1. The largest absolute Gasteiger partial charge is 0.479 e. The van der Waals surface area contributed by atoms with E-state index in [1.165, 1.54) is 0 Å². The van der Waals surface area contributed by atoms with Gasteiger partial charge in [-0.25, -0.2) is 0 Å². The van der Waals surface area contributed by atoms with E-state index in [9.17, 15) is 9.59 Å². The van der Waals surface area contributed by atoms with Gasteiger partial charge in [-0.05, 0) is 38.3 Å². The molecule has 6 heteroatoms. The fraction of sp³-hybridized carbons (Fsp3) is 0.556. The lowest BCUT2D eigenvalue weighted by molar-refractivity contribution is -0.143. The van der Waals surface area contributed by atoms with E-state index in [-0.39, 0.29) is 30.5 Å². The van der Waals surface area contributed by atoms with Crippen LogP contribution in [0.15, 0.2) is 24.3 Å². The summed E-state index contributed by atoms with van der Waals surface area (Å²) >= 11 is 0. The number of fused-ring (bicyclic) bond motifs is 2. The Morgan fingerprint density at radius 3 is 3.00 bits per heavy atom. The number of carbonyl (C=O) groups is 2. The first kappa shape index (κ1) is 15.4. The number of carbonyl (C=O) groups excluding carboxylic acids is 2. The summed E-state index contributed by atoms with van der Waals surface area (Å²) in [7, 11) is 0. The summed E-state index contributed by atoms with van der Waals surface area (Å²) in [6.45, 7) is 2.97. The van der Waals surface area contributed by atoms with Crippen LogP contribution >= 0.6 is 0 Å². The first-order chi connectivity index (χ1) is 11.6. The summed E-state index contributed by atoms with van der Waals surface area (Å²) in [5.74, 6) is 0.476. The number of para-hydroxylation sites is 2. The smallest absolute Gasteiger partial charge is 0.268 e. The van der Waals surface area contributed by atoms with Crippen LogP contribution in [0.4, 0.5) is 5.69 Å². The molecule has 6 nitrogen and oxygen atoms in total. The van der Waals surface area contributed by atoms with E-state index in [1.807, 2.05) is 29.2 Å². The van der Waals surface area contributed by atoms with Crippen LogP contribution in [-0.4, -0.2) is 54.7 Å². The first-order valence-electron chi connectivity index (χ1n) is 8.63. The SMILES string of the molecule is C[C@@H]1Oc2ccccc2N(CC(=O)N2CCO[C@@H]3CCC[C@H]32)C1=O. The molecule has 2 heterocycles. The molecule has 0 spiro atoms. The van der Waals surface area contributed by atoms with Crippen molar-refractivity contribution in [3.05, 3.63) is 24.3 Å². The highest BCUT2D eigenvalue weighted by Gasteiger charge is 2.40. The lowest BCUT2D eigenvalue weighted by Gasteiger charge is -2.39. The minimum Gasteiger partial charge on any atom is -0.479 e. The summed E-state index contributed by atoms with van der Waals surface area (Å²) in [4.78, 5) is 28.9. The zero-order valence-electron chi connectivity index (χ0n) is 13.8. The monoisotopic (exact) mass is 330 g/mol. The van der Waals surface area contributed by atoms with Gasteiger partial charge in [0.25, 0.3) is 5.91 Å². The standard InChI is InChI=1S/C18H22N2O4/c1-12-18(22)20(14-5-2-3-7-16(14)24-12)11-17(21)19-9-10-23-15-8-4-6-13(15)19/h2-3,5,7,12-13,15H,4,6,8-11H2,1H3/t12-,13+,15+/m0/s1. The van der Waals surface area contributed by atoms with E-state index in [4.69, 9.17) is 9.47 Å². The van der Waals surface area contributed by atoms with E-state index in [2.05, 4.69) is 0 Å². The number of rotatable bonds is 2. The fourth-order valence-electron chi connectivity index (χ4n) is 3.98. The van der Waals surface area contributed by atoms with Crippen LogP contribution in [-0.2, 0) is 14.3 Å². The fourth-order valence-corrected chi connectivity index (χ4v) is 3.98. The number of anilines is 1. The van der Waals surface area contributed by atoms with Crippen LogP contribution < -0.4 is 9.64 Å². The van der Waals surface area contributed by atoms with Gasteiger partial charge in [0, 0.05) is 6.54 Å². The lowest BCUT2D eigenvalue weighted by atomic mass is 10.1. The topological polar surface area (TPSA) is 59.1 Å². The van der Waals surface area contributed by atoms with Gasteiger partial charge in [-0.2, -0.15) is 0 Å². The zero-order valence-corrected chi connectivity index (χ0v) is 13.8. The molecule has 4 rings (SSSR count). The molecule has 3 aliphatic rings. The molecular formula is C18H22N2O4.